The quantitative estimate of drug-likeness (QED) is 0.488. The fraction of sp³-hybridized carbons (Fsp3) is 0.192. The Balaban J connectivity index is 1.83. The molecule has 0 N–H and O–H groups in total. The van der Waals surface area contributed by atoms with E-state index in [0.29, 0.717) is 0 Å². The van der Waals surface area contributed by atoms with Crippen molar-refractivity contribution >= 4 is 0 Å². The smallest absolute Gasteiger partial charge is 0.0251 e. The molecule has 0 aliphatic heterocycles. The molecule has 0 nitrogen and oxygen atoms in total. The zero-order valence-corrected chi connectivity index (χ0v) is 16.1. The highest BCUT2D eigenvalue weighted by molar-refractivity contribution is 5.47. The van der Waals surface area contributed by atoms with Gasteiger partial charge in [-0.3, -0.25) is 0 Å². The van der Waals surface area contributed by atoms with Gasteiger partial charge in [-0.05, 0) is 72.9 Å². The Morgan fingerprint density at radius 1 is 0.654 bits per heavy atom. The Bertz CT molecular complexity index is 959. The molecular weight excluding hydrogens is 312 g/mol. The first kappa shape index (κ1) is 18.0. The Labute approximate surface area is 157 Å². The van der Waals surface area contributed by atoms with Crippen LogP contribution in [0.5, 0.6) is 0 Å². The second kappa shape index (κ2) is 7.22. The predicted octanol–water partition coefficient (Wildman–Crippen LogP) is 6.21. The number of hydrogen-bond acceptors (Lipinski definition) is 0. The number of hydrogen-bond donors (Lipinski definition) is 0. The Morgan fingerprint density at radius 3 is 1.73 bits per heavy atom. The van der Waals surface area contributed by atoms with Crippen LogP contribution in [0.25, 0.3) is 0 Å². The summed E-state index contributed by atoms with van der Waals surface area (Å²) in [6.07, 6.45) is 0. The minimum absolute atomic E-state index is 0.0479. The van der Waals surface area contributed by atoms with Crippen LogP contribution in [0.15, 0.2) is 66.7 Å². The first-order valence-electron chi connectivity index (χ1n) is 8.98. The molecule has 3 rings (SSSR count). The molecule has 0 atom stereocenters. The molecule has 0 aliphatic rings. The summed E-state index contributed by atoms with van der Waals surface area (Å²) in [4.78, 5) is 0. The second-order valence-corrected chi connectivity index (χ2v) is 7.45. The zero-order valence-electron chi connectivity index (χ0n) is 16.1. The third-order valence-electron chi connectivity index (χ3n) is 5.14. The van der Waals surface area contributed by atoms with E-state index in [-0.39, 0.29) is 5.41 Å². The van der Waals surface area contributed by atoms with E-state index in [4.69, 9.17) is 0 Å². The fourth-order valence-electron chi connectivity index (χ4n) is 3.02. The maximum absolute atomic E-state index is 3.97. The van der Waals surface area contributed by atoms with Crippen LogP contribution in [0.3, 0.4) is 0 Å². The maximum atomic E-state index is 3.97. The Kier molecular flexibility index (Phi) is 5.01. The lowest BCUT2D eigenvalue weighted by Crippen LogP contribution is -2.18. The van der Waals surface area contributed by atoms with E-state index in [2.05, 4.69) is 113 Å². The molecule has 3 aromatic carbocycles. The number of benzene rings is 3. The summed E-state index contributed by atoms with van der Waals surface area (Å²) < 4.78 is 0. The molecule has 0 aliphatic carbocycles. The average Bonchev–Trinajstić information content (AvgIpc) is 2.63. The van der Waals surface area contributed by atoms with Gasteiger partial charge in [0, 0.05) is 16.5 Å². The van der Waals surface area contributed by atoms with Crippen LogP contribution in [0.2, 0.25) is 0 Å². The van der Waals surface area contributed by atoms with Gasteiger partial charge in [0.2, 0.25) is 0 Å². The van der Waals surface area contributed by atoms with Crippen molar-refractivity contribution in [1.29, 1.82) is 0 Å². The summed E-state index contributed by atoms with van der Waals surface area (Å²) in [6.45, 7) is 12.7. The summed E-state index contributed by atoms with van der Waals surface area (Å²) in [5, 5.41) is 0. The highest BCUT2D eigenvalue weighted by Gasteiger charge is 2.22. The van der Waals surface area contributed by atoms with E-state index < -0.39 is 0 Å². The number of aryl methyl sites for hydroxylation is 2. The van der Waals surface area contributed by atoms with Gasteiger partial charge in [0.1, 0.15) is 0 Å². The monoisotopic (exact) mass is 337 g/mol. The summed E-state index contributed by atoms with van der Waals surface area (Å²) >= 11 is 0. The van der Waals surface area contributed by atoms with E-state index in [0.717, 1.165) is 16.7 Å². The summed E-state index contributed by atoms with van der Waals surface area (Å²) in [6, 6.07) is 23.4. The topological polar surface area (TPSA) is 0 Å². The van der Waals surface area contributed by atoms with E-state index in [1.54, 1.807) is 0 Å². The molecule has 0 amide bonds. The fourth-order valence-corrected chi connectivity index (χ4v) is 3.02. The van der Waals surface area contributed by atoms with Gasteiger partial charge in [-0.1, -0.05) is 68.2 Å². The van der Waals surface area contributed by atoms with Gasteiger partial charge in [0.25, 0.3) is 0 Å². The van der Waals surface area contributed by atoms with Crippen LogP contribution < -0.4 is 0 Å². The normalized spacial score (nSPS) is 11.0. The van der Waals surface area contributed by atoms with E-state index in [1.807, 2.05) is 0 Å². The van der Waals surface area contributed by atoms with Crippen molar-refractivity contribution < 1.29 is 0 Å². The van der Waals surface area contributed by atoms with Crippen molar-refractivity contribution in [3.63, 3.8) is 0 Å². The van der Waals surface area contributed by atoms with E-state index in [1.165, 1.54) is 22.3 Å². The van der Waals surface area contributed by atoms with Crippen LogP contribution in [0.1, 0.15) is 52.8 Å². The molecule has 0 saturated carbocycles. The molecule has 1 radical (unpaired) electrons. The Morgan fingerprint density at radius 2 is 1.15 bits per heavy atom. The van der Waals surface area contributed by atoms with Crippen molar-refractivity contribution in [2.24, 2.45) is 0 Å². The molecule has 0 aromatic heterocycles. The molecule has 0 heteroatoms. The van der Waals surface area contributed by atoms with Gasteiger partial charge < -0.3 is 0 Å². The summed E-state index contributed by atoms with van der Waals surface area (Å²) in [5.41, 5.74) is 8.25. The van der Waals surface area contributed by atoms with Crippen LogP contribution >= 0.6 is 0 Å². The van der Waals surface area contributed by atoms with Crippen LogP contribution in [0.4, 0.5) is 0 Å². The van der Waals surface area contributed by atoms with Gasteiger partial charge in [0.15, 0.2) is 0 Å². The molecule has 0 fully saturated rings. The van der Waals surface area contributed by atoms with Crippen molar-refractivity contribution in [2.45, 2.75) is 33.1 Å². The molecule has 0 heterocycles. The second-order valence-electron chi connectivity index (χ2n) is 7.45. The first-order chi connectivity index (χ1) is 12.4. The predicted molar refractivity (Wildman–Crippen MR) is 111 cm³/mol. The number of rotatable bonds is 2. The lowest BCUT2D eigenvalue weighted by molar-refractivity contribution is 0.640. The minimum Gasteiger partial charge on any atom is -0.0617 e. The molecule has 0 bridgehead atoms. The molecular formula is C26H25. The van der Waals surface area contributed by atoms with Crippen LogP contribution in [0, 0.1) is 32.6 Å². The lowest BCUT2D eigenvalue weighted by Gasteiger charge is -2.26. The highest BCUT2D eigenvalue weighted by atomic mass is 14.3. The molecule has 0 unspecified atom stereocenters. The van der Waals surface area contributed by atoms with Crippen LogP contribution in [-0.4, -0.2) is 0 Å². The average molecular weight is 337 g/mol. The highest BCUT2D eigenvalue weighted by Crippen LogP contribution is 2.31. The lowest BCUT2D eigenvalue weighted by atomic mass is 9.78. The van der Waals surface area contributed by atoms with Gasteiger partial charge in [0.05, 0.1) is 0 Å². The van der Waals surface area contributed by atoms with E-state index >= 15 is 0 Å². The molecule has 26 heavy (non-hydrogen) atoms. The zero-order chi connectivity index (χ0) is 18.7. The van der Waals surface area contributed by atoms with Gasteiger partial charge in [-0.2, -0.15) is 0 Å². The molecule has 3 aromatic rings. The van der Waals surface area contributed by atoms with E-state index in [9.17, 15) is 0 Å². The van der Waals surface area contributed by atoms with Crippen LogP contribution in [-0.2, 0) is 5.41 Å². The van der Waals surface area contributed by atoms with Gasteiger partial charge in [-0.25, -0.2) is 0 Å². The van der Waals surface area contributed by atoms with Gasteiger partial charge >= 0.3 is 0 Å². The van der Waals surface area contributed by atoms with Crippen molar-refractivity contribution in [3.8, 4) is 11.8 Å². The largest absolute Gasteiger partial charge is 0.0617 e. The van der Waals surface area contributed by atoms with Gasteiger partial charge in [-0.15, -0.1) is 0 Å². The van der Waals surface area contributed by atoms with Crippen molar-refractivity contribution in [2.75, 3.05) is 0 Å². The summed E-state index contributed by atoms with van der Waals surface area (Å²) in [5.74, 6) is 6.54. The summed E-state index contributed by atoms with van der Waals surface area (Å²) in [7, 11) is 0. The molecule has 0 spiro atoms. The third-order valence-corrected chi connectivity index (χ3v) is 5.14. The molecule has 0 saturated heterocycles. The Hall–Kier alpha value is -2.78. The standard InChI is InChI=1S/C26H25/c1-19-6-14-24(15-7-19)26(4,5)25-16-12-22(13-17-25)10-11-23-9-8-20(2)21(3)18-23/h6-9,12-18H,1H2,2-5H3. The molecule has 129 valence electrons. The maximum Gasteiger partial charge on any atom is 0.0251 e. The first-order valence-corrected chi connectivity index (χ1v) is 8.98. The van der Waals surface area contributed by atoms with Crippen molar-refractivity contribution in [3.05, 3.63) is 113 Å². The SMILES string of the molecule is [CH2]c1ccc(C(C)(C)c2ccc(C#Cc3ccc(C)c(C)c3)cc2)cc1. The van der Waals surface area contributed by atoms with Crippen molar-refractivity contribution in [1.82, 2.24) is 0 Å². The third kappa shape index (κ3) is 3.89. The minimum atomic E-state index is -0.0479.